The van der Waals surface area contributed by atoms with Crippen LogP contribution in [0.1, 0.15) is 10.4 Å². The maximum Gasteiger partial charge on any atom is 0.341 e. The first kappa shape index (κ1) is 15.1. The number of rotatable bonds is 3. The molecule has 0 aliphatic heterocycles. The van der Waals surface area contributed by atoms with E-state index >= 15 is 0 Å². The predicted octanol–water partition coefficient (Wildman–Crippen LogP) is 3.68. The molecule has 110 valence electrons. The molecule has 0 fully saturated rings. The summed E-state index contributed by atoms with van der Waals surface area (Å²) in [4.78, 5) is 15.2. The van der Waals surface area contributed by atoms with Crippen molar-refractivity contribution in [1.29, 1.82) is 0 Å². The van der Waals surface area contributed by atoms with E-state index in [-0.39, 0.29) is 17.1 Å². The van der Waals surface area contributed by atoms with Crippen LogP contribution in [0.5, 0.6) is 0 Å². The number of hydrogen-bond acceptors (Lipinski definition) is 4. The van der Waals surface area contributed by atoms with Crippen LogP contribution in [0.3, 0.4) is 0 Å². The second-order valence-corrected chi connectivity index (χ2v) is 4.26. The highest BCUT2D eigenvalue weighted by atomic mass is 35.5. The Balaban J connectivity index is 2.47. The van der Waals surface area contributed by atoms with Gasteiger partial charge in [-0.05, 0) is 18.2 Å². The van der Waals surface area contributed by atoms with Crippen molar-refractivity contribution in [1.82, 2.24) is 4.98 Å². The van der Waals surface area contributed by atoms with Crippen LogP contribution in [0.2, 0.25) is 5.15 Å². The lowest BCUT2D eigenvalue weighted by Gasteiger charge is -2.11. The summed E-state index contributed by atoms with van der Waals surface area (Å²) < 4.78 is 44.3. The number of ether oxygens (including phenoxy) is 1. The van der Waals surface area contributed by atoms with Gasteiger partial charge < -0.3 is 10.1 Å². The van der Waals surface area contributed by atoms with Gasteiger partial charge in [0, 0.05) is 6.07 Å². The Hall–Kier alpha value is -2.28. The van der Waals surface area contributed by atoms with Crippen LogP contribution < -0.4 is 5.32 Å². The minimum absolute atomic E-state index is 0.156. The fourth-order valence-corrected chi connectivity index (χ4v) is 1.68. The molecule has 1 heterocycles. The molecule has 0 spiro atoms. The van der Waals surface area contributed by atoms with E-state index in [4.69, 9.17) is 11.6 Å². The third kappa shape index (κ3) is 3.25. The van der Waals surface area contributed by atoms with Crippen molar-refractivity contribution in [2.75, 3.05) is 12.4 Å². The zero-order valence-electron chi connectivity index (χ0n) is 10.6. The van der Waals surface area contributed by atoms with E-state index in [1.54, 1.807) is 0 Å². The van der Waals surface area contributed by atoms with Crippen molar-refractivity contribution in [3.05, 3.63) is 52.4 Å². The summed E-state index contributed by atoms with van der Waals surface area (Å²) in [6.07, 6.45) is 0. The van der Waals surface area contributed by atoms with Crippen LogP contribution in [-0.2, 0) is 4.74 Å². The summed E-state index contributed by atoms with van der Waals surface area (Å²) in [5.41, 5.74) is -0.431. The lowest BCUT2D eigenvalue weighted by molar-refractivity contribution is 0.0601. The second kappa shape index (κ2) is 6.01. The zero-order chi connectivity index (χ0) is 15.6. The molecule has 0 aliphatic carbocycles. The van der Waals surface area contributed by atoms with Gasteiger partial charge >= 0.3 is 5.97 Å². The Bertz CT molecular complexity index is 710. The number of halogens is 4. The van der Waals surface area contributed by atoms with E-state index in [2.05, 4.69) is 15.0 Å². The number of nitrogens with zero attached hydrogens (tertiary/aromatic N) is 1. The lowest BCUT2D eigenvalue weighted by atomic mass is 10.2. The highest BCUT2D eigenvalue weighted by Crippen LogP contribution is 2.26. The molecule has 0 unspecified atom stereocenters. The van der Waals surface area contributed by atoms with Crippen molar-refractivity contribution in [3.8, 4) is 0 Å². The van der Waals surface area contributed by atoms with E-state index in [1.165, 1.54) is 0 Å². The third-order valence-corrected chi connectivity index (χ3v) is 2.79. The minimum atomic E-state index is -0.929. The Kier molecular flexibility index (Phi) is 4.32. The molecular weight excluding hydrogens is 309 g/mol. The maximum absolute atomic E-state index is 13.6. The van der Waals surface area contributed by atoms with Crippen LogP contribution in [0.4, 0.5) is 24.7 Å². The number of carbonyl (C=O) groups is 1. The van der Waals surface area contributed by atoms with Gasteiger partial charge in [0.1, 0.15) is 23.0 Å². The number of hydrogen-bond donors (Lipinski definition) is 1. The van der Waals surface area contributed by atoms with Crippen molar-refractivity contribution < 1.29 is 22.7 Å². The number of esters is 1. The average Bonchev–Trinajstić information content (AvgIpc) is 2.44. The molecule has 0 saturated carbocycles. The monoisotopic (exact) mass is 316 g/mol. The van der Waals surface area contributed by atoms with Crippen molar-refractivity contribution in [2.24, 2.45) is 0 Å². The summed E-state index contributed by atoms with van der Waals surface area (Å²) >= 11 is 5.53. The number of pyridine rings is 1. The molecule has 0 saturated heterocycles. The van der Waals surface area contributed by atoms with E-state index in [0.717, 1.165) is 25.3 Å². The molecule has 1 N–H and O–H groups in total. The number of anilines is 2. The topological polar surface area (TPSA) is 51.2 Å². The smallest absolute Gasteiger partial charge is 0.341 e. The summed E-state index contributed by atoms with van der Waals surface area (Å²) in [6, 6.07) is 3.56. The van der Waals surface area contributed by atoms with Gasteiger partial charge in [-0.2, -0.15) is 0 Å². The zero-order valence-corrected chi connectivity index (χ0v) is 11.3. The standard InChI is InChI=1S/C13H8ClF3N2O2/c1-21-13(20)7-5-9(17)11(14)19-12(7)18-10-3-2-6(15)4-8(10)16/h2-5H,1H3,(H,18,19). The Morgan fingerprint density at radius 2 is 1.95 bits per heavy atom. The van der Waals surface area contributed by atoms with E-state index in [1.807, 2.05) is 0 Å². The Morgan fingerprint density at radius 1 is 1.24 bits per heavy atom. The second-order valence-electron chi connectivity index (χ2n) is 3.90. The number of methoxy groups -OCH3 is 1. The highest BCUT2D eigenvalue weighted by Gasteiger charge is 2.18. The molecule has 0 bridgehead atoms. The molecule has 0 aliphatic rings. The van der Waals surface area contributed by atoms with E-state index in [0.29, 0.717) is 6.07 Å². The quantitative estimate of drug-likeness (QED) is 0.693. The third-order valence-electron chi connectivity index (χ3n) is 2.52. The fraction of sp³-hybridized carbons (Fsp3) is 0.0769. The predicted molar refractivity (Wildman–Crippen MR) is 70.2 cm³/mol. The minimum Gasteiger partial charge on any atom is -0.465 e. The maximum atomic E-state index is 13.6. The molecule has 0 atom stereocenters. The molecule has 2 aromatic rings. The molecule has 4 nitrogen and oxygen atoms in total. The van der Waals surface area contributed by atoms with Gasteiger partial charge in [0.15, 0.2) is 11.0 Å². The van der Waals surface area contributed by atoms with Gasteiger partial charge in [0.2, 0.25) is 0 Å². The van der Waals surface area contributed by atoms with Crippen molar-refractivity contribution in [2.45, 2.75) is 0 Å². The Labute approximate surface area is 122 Å². The summed E-state index contributed by atoms with van der Waals surface area (Å²) in [6.45, 7) is 0. The SMILES string of the molecule is COC(=O)c1cc(F)c(Cl)nc1Nc1ccc(F)cc1F. The van der Waals surface area contributed by atoms with E-state index < -0.39 is 28.6 Å². The molecule has 8 heteroatoms. The molecule has 1 aromatic carbocycles. The van der Waals surface area contributed by atoms with E-state index in [9.17, 15) is 18.0 Å². The first-order valence-electron chi connectivity index (χ1n) is 5.59. The lowest BCUT2D eigenvalue weighted by Crippen LogP contribution is -2.09. The molecule has 1 aromatic heterocycles. The number of nitrogens with one attached hydrogen (secondary N) is 1. The molecule has 21 heavy (non-hydrogen) atoms. The van der Waals surface area contributed by atoms with Gasteiger partial charge in [-0.15, -0.1) is 0 Å². The van der Waals surface area contributed by atoms with Crippen LogP contribution >= 0.6 is 11.6 Å². The van der Waals surface area contributed by atoms with Gasteiger partial charge in [0.25, 0.3) is 0 Å². The number of aromatic nitrogens is 1. The van der Waals surface area contributed by atoms with Gasteiger partial charge in [-0.3, -0.25) is 0 Å². The molecular formula is C13H8ClF3N2O2. The van der Waals surface area contributed by atoms with Crippen molar-refractivity contribution in [3.63, 3.8) is 0 Å². The van der Waals surface area contributed by atoms with Crippen LogP contribution in [0.25, 0.3) is 0 Å². The normalized spacial score (nSPS) is 10.3. The molecule has 0 amide bonds. The Morgan fingerprint density at radius 3 is 2.57 bits per heavy atom. The number of benzene rings is 1. The summed E-state index contributed by atoms with van der Waals surface area (Å²) in [7, 11) is 1.09. The van der Waals surface area contributed by atoms with Crippen LogP contribution in [-0.4, -0.2) is 18.1 Å². The van der Waals surface area contributed by atoms with Crippen LogP contribution in [0, 0.1) is 17.5 Å². The number of carbonyl (C=O) groups excluding carboxylic acids is 1. The summed E-state index contributed by atoms with van der Waals surface area (Å²) in [5, 5.41) is 1.94. The van der Waals surface area contributed by atoms with Gasteiger partial charge in [-0.25, -0.2) is 22.9 Å². The largest absolute Gasteiger partial charge is 0.465 e. The molecule has 2 rings (SSSR count). The highest BCUT2D eigenvalue weighted by molar-refractivity contribution is 6.29. The first-order chi connectivity index (χ1) is 9.92. The van der Waals surface area contributed by atoms with Crippen molar-refractivity contribution >= 4 is 29.1 Å². The first-order valence-corrected chi connectivity index (χ1v) is 5.96. The molecule has 0 radical (unpaired) electrons. The summed E-state index contributed by atoms with van der Waals surface area (Å²) in [5.74, 6) is -3.70. The van der Waals surface area contributed by atoms with Crippen LogP contribution in [0.15, 0.2) is 24.3 Å². The van der Waals surface area contributed by atoms with Gasteiger partial charge in [0.05, 0.1) is 12.8 Å². The fourth-order valence-electron chi connectivity index (χ4n) is 1.55. The average molecular weight is 317 g/mol. The van der Waals surface area contributed by atoms with Gasteiger partial charge in [-0.1, -0.05) is 11.6 Å².